The Bertz CT molecular complexity index is 622. The zero-order valence-electron chi connectivity index (χ0n) is 11.7. The van der Waals surface area contributed by atoms with E-state index >= 15 is 0 Å². The van der Waals surface area contributed by atoms with E-state index in [9.17, 15) is 13.2 Å². The van der Waals surface area contributed by atoms with Crippen molar-refractivity contribution in [3.63, 3.8) is 0 Å². The summed E-state index contributed by atoms with van der Waals surface area (Å²) in [7, 11) is -3.72. The predicted octanol–water partition coefficient (Wildman–Crippen LogP) is 1.73. The number of benzene rings is 1. The summed E-state index contributed by atoms with van der Waals surface area (Å²) in [6, 6.07) is 4.95. The minimum absolute atomic E-state index is 0.00742. The second-order valence-corrected chi connectivity index (χ2v) is 7.05. The first-order chi connectivity index (χ1) is 9.39. The van der Waals surface area contributed by atoms with Gasteiger partial charge in [0.05, 0.1) is 5.56 Å². The van der Waals surface area contributed by atoms with Gasteiger partial charge in [-0.25, -0.2) is 12.7 Å². The average Bonchev–Trinajstić information content (AvgIpc) is 2.59. The number of rotatable bonds is 5. The maximum atomic E-state index is 12.3. The molecule has 1 aliphatic rings. The molecule has 0 spiro atoms. The van der Waals surface area contributed by atoms with Crippen LogP contribution in [0.4, 0.5) is 0 Å². The summed E-state index contributed by atoms with van der Waals surface area (Å²) in [5.74, 6) is -0.223. The number of nitrogens with zero attached hydrogens (tertiary/aromatic N) is 1. The van der Waals surface area contributed by atoms with Crippen molar-refractivity contribution in [3.05, 3.63) is 29.3 Å². The van der Waals surface area contributed by atoms with E-state index in [4.69, 9.17) is 5.11 Å². The molecule has 1 amide bonds. The van der Waals surface area contributed by atoms with E-state index in [2.05, 4.69) is 0 Å². The molecule has 0 atom stereocenters. The lowest BCUT2D eigenvalue weighted by molar-refractivity contribution is 0.0868. The molecule has 2 rings (SSSR count). The van der Waals surface area contributed by atoms with Gasteiger partial charge < -0.3 is 5.11 Å². The lowest BCUT2D eigenvalue weighted by Gasteiger charge is -2.14. The molecule has 20 heavy (non-hydrogen) atoms. The molecule has 110 valence electrons. The Morgan fingerprint density at radius 1 is 1.25 bits per heavy atom. The van der Waals surface area contributed by atoms with Gasteiger partial charge in [0.25, 0.3) is 15.9 Å². The molecule has 1 aromatic rings. The number of aliphatic hydroxyl groups excluding tert-OH is 1. The fraction of sp³-hybridized carbons (Fsp3) is 0.500. The van der Waals surface area contributed by atoms with Gasteiger partial charge in [-0.15, -0.1) is 0 Å². The highest BCUT2D eigenvalue weighted by Crippen LogP contribution is 2.32. The molecule has 0 bridgehead atoms. The zero-order chi connectivity index (χ0) is 14.9. The summed E-state index contributed by atoms with van der Waals surface area (Å²) in [6.07, 6.45) is 0.944. The molecule has 5 nitrogen and oxygen atoms in total. The van der Waals surface area contributed by atoms with Gasteiger partial charge in [-0.2, -0.15) is 0 Å². The molecule has 1 aliphatic heterocycles. The topological polar surface area (TPSA) is 74.7 Å². The van der Waals surface area contributed by atoms with Crippen LogP contribution in [-0.4, -0.2) is 36.9 Å². The first kappa shape index (κ1) is 15.0. The Balaban J connectivity index is 2.37. The fourth-order valence-corrected chi connectivity index (χ4v) is 3.84. The van der Waals surface area contributed by atoms with Crippen molar-refractivity contribution in [1.82, 2.24) is 4.31 Å². The number of fused-ring (bicyclic) bond motifs is 1. The molecule has 0 aromatic heterocycles. The number of unbranched alkanes of at least 4 members (excludes halogenated alkanes) is 1. The molecule has 0 fully saturated rings. The van der Waals surface area contributed by atoms with Crippen molar-refractivity contribution in [2.24, 2.45) is 0 Å². The molecular weight excluding hydrogens is 278 g/mol. The van der Waals surface area contributed by atoms with Gasteiger partial charge in [0.2, 0.25) is 0 Å². The van der Waals surface area contributed by atoms with Gasteiger partial charge in [-0.05, 0) is 36.5 Å². The number of sulfonamides is 1. The van der Waals surface area contributed by atoms with E-state index < -0.39 is 15.9 Å². The van der Waals surface area contributed by atoms with Crippen LogP contribution in [0.25, 0.3) is 0 Å². The number of carbonyl (C=O) groups is 1. The Labute approximate surface area is 119 Å². The van der Waals surface area contributed by atoms with E-state index in [-0.39, 0.29) is 29.5 Å². The summed E-state index contributed by atoms with van der Waals surface area (Å²) in [4.78, 5) is 12.4. The second-order valence-electron chi connectivity index (χ2n) is 5.22. The smallest absolute Gasteiger partial charge is 0.269 e. The third-order valence-electron chi connectivity index (χ3n) is 3.46. The van der Waals surface area contributed by atoms with Gasteiger partial charge in [-0.3, -0.25) is 4.79 Å². The highest BCUT2D eigenvalue weighted by atomic mass is 32.2. The van der Waals surface area contributed by atoms with Gasteiger partial charge >= 0.3 is 0 Å². The summed E-state index contributed by atoms with van der Waals surface area (Å²) in [6.45, 7) is 4.10. The van der Waals surface area contributed by atoms with Crippen molar-refractivity contribution < 1.29 is 18.3 Å². The molecule has 0 saturated heterocycles. The van der Waals surface area contributed by atoms with Crippen molar-refractivity contribution >= 4 is 15.9 Å². The van der Waals surface area contributed by atoms with E-state index in [1.807, 2.05) is 13.8 Å². The Morgan fingerprint density at radius 2 is 1.95 bits per heavy atom. The number of hydrogen-bond donors (Lipinski definition) is 1. The monoisotopic (exact) mass is 297 g/mol. The zero-order valence-corrected chi connectivity index (χ0v) is 12.5. The first-order valence-electron chi connectivity index (χ1n) is 6.71. The lowest BCUT2D eigenvalue weighted by Crippen LogP contribution is -2.31. The lowest BCUT2D eigenvalue weighted by atomic mass is 10.0. The van der Waals surface area contributed by atoms with E-state index in [0.717, 1.165) is 9.87 Å². The summed E-state index contributed by atoms with van der Waals surface area (Å²) in [5.41, 5.74) is 1.21. The van der Waals surface area contributed by atoms with Crippen LogP contribution >= 0.6 is 0 Å². The van der Waals surface area contributed by atoms with Gasteiger partial charge in [-0.1, -0.05) is 19.9 Å². The fourth-order valence-electron chi connectivity index (χ4n) is 2.25. The van der Waals surface area contributed by atoms with E-state index in [0.29, 0.717) is 12.8 Å². The normalized spacial score (nSPS) is 16.8. The van der Waals surface area contributed by atoms with Crippen LogP contribution < -0.4 is 0 Å². The molecule has 1 aromatic carbocycles. The van der Waals surface area contributed by atoms with Crippen LogP contribution in [0.3, 0.4) is 0 Å². The van der Waals surface area contributed by atoms with Crippen LogP contribution in [0.1, 0.15) is 48.5 Å². The van der Waals surface area contributed by atoms with Crippen LogP contribution in [0.5, 0.6) is 0 Å². The molecular formula is C14H19NO4S. The minimum Gasteiger partial charge on any atom is -0.396 e. The highest BCUT2D eigenvalue weighted by molar-refractivity contribution is 7.90. The Hall–Kier alpha value is -1.40. The van der Waals surface area contributed by atoms with Gasteiger partial charge in [0.15, 0.2) is 0 Å². The van der Waals surface area contributed by atoms with Crippen LogP contribution in [0.15, 0.2) is 23.1 Å². The van der Waals surface area contributed by atoms with Crippen molar-refractivity contribution in [3.8, 4) is 0 Å². The minimum atomic E-state index is -3.72. The van der Waals surface area contributed by atoms with Crippen LogP contribution in [0.2, 0.25) is 0 Å². The molecule has 6 heteroatoms. The summed E-state index contributed by atoms with van der Waals surface area (Å²) >= 11 is 0. The van der Waals surface area contributed by atoms with Crippen molar-refractivity contribution in [1.29, 1.82) is 0 Å². The van der Waals surface area contributed by atoms with Gasteiger partial charge in [0.1, 0.15) is 4.90 Å². The number of carbonyl (C=O) groups excluding carboxylic acids is 1. The van der Waals surface area contributed by atoms with Crippen molar-refractivity contribution in [2.45, 2.75) is 37.5 Å². The Kier molecular flexibility index (Phi) is 4.15. The first-order valence-corrected chi connectivity index (χ1v) is 8.15. The average molecular weight is 297 g/mol. The number of aliphatic hydroxyl groups is 1. The molecule has 0 aliphatic carbocycles. The van der Waals surface area contributed by atoms with Crippen LogP contribution in [-0.2, 0) is 10.0 Å². The van der Waals surface area contributed by atoms with Gasteiger partial charge in [0, 0.05) is 13.2 Å². The largest absolute Gasteiger partial charge is 0.396 e. The third-order valence-corrected chi connectivity index (χ3v) is 5.31. The number of amides is 1. The highest BCUT2D eigenvalue weighted by Gasteiger charge is 2.40. The molecule has 0 saturated carbocycles. The van der Waals surface area contributed by atoms with E-state index in [1.54, 1.807) is 12.1 Å². The second kappa shape index (κ2) is 5.54. The Morgan fingerprint density at radius 3 is 2.55 bits per heavy atom. The van der Waals surface area contributed by atoms with E-state index in [1.165, 1.54) is 6.07 Å². The third kappa shape index (κ3) is 2.45. The maximum absolute atomic E-state index is 12.3. The maximum Gasteiger partial charge on any atom is 0.269 e. The summed E-state index contributed by atoms with van der Waals surface area (Å²) < 4.78 is 25.5. The predicted molar refractivity (Wildman–Crippen MR) is 75.1 cm³/mol. The number of hydrogen-bond acceptors (Lipinski definition) is 4. The van der Waals surface area contributed by atoms with Crippen molar-refractivity contribution in [2.75, 3.05) is 13.2 Å². The van der Waals surface area contributed by atoms with Crippen LogP contribution in [0, 0.1) is 0 Å². The molecule has 0 radical (unpaired) electrons. The molecule has 1 heterocycles. The molecule has 0 unspecified atom stereocenters. The quantitative estimate of drug-likeness (QED) is 0.840. The SMILES string of the molecule is CC(C)c1ccc2c(c1)C(=O)N(CCCCO)S2(=O)=O. The molecule has 1 N–H and O–H groups in total. The summed E-state index contributed by atoms with van der Waals surface area (Å²) in [5, 5.41) is 8.75. The standard InChI is InChI=1S/C14H19NO4S/c1-10(2)11-5-6-13-12(9-11)14(17)15(20(13,18)19)7-3-4-8-16/h5-6,9-10,16H,3-4,7-8H2,1-2H3.